The maximum Gasteiger partial charge on any atom is 0.387 e. The summed E-state index contributed by atoms with van der Waals surface area (Å²) in [5.74, 6) is -0.386. The number of anilines is 1. The summed E-state index contributed by atoms with van der Waals surface area (Å²) in [6.07, 6.45) is 2.20. The lowest BCUT2D eigenvalue weighted by Crippen LogP contribution is -2.33. The number of rotatable bonds is 7. The quantitative estimate of drug-likeness (QED) is 0.805. The van der Waals surface area contributed by atoms with Gasteiger partial charge in [0, 0.05) is 18.8 Å². The second kappa shape index (κ2) is 8.26. The van der Waals surface area contributed by atoms with Gasteiger partial charge >= 0.3 is 6.61 Å². The van der Waals surface area contributed by atoms with Crippen molar-refractivity contribution in [1.29, 1.82) is 0 Å². The number of halogens is 3. The molecule has 122 valence electrons. The van der Waals surface area contributed by atoms with Crippen molar-refractivity contribution in [2.45, 2.75) is 25.6 Å². The Morgan fingerprint density at radius 3 is 2.95 bits per heavy atom. The first kappa shape index (κ1) is 16.9. The van der Waals surface area contributed by atoms with E-state index in [1.165, 1.54) is 18.2 Å². The third-order valence-electron chi connectivity index (χ3n) is 3.11. The second-order valence-electron chi connectivity index (χ2n) is 4.84. The number of carbonyl (C=O) groups excluding carboxylic acids is 1. The zero-order valence-electron chi connectivity index (χ0n) is 11.8. The van der Waals surface area contributed by atoms with Gasteiger partial charge in [-0.3, -0.25) is 4.79 Å². The summed E-state index contributed by atoms with van der Waals surface area (Å²) < 4.78 is 33.9. The number of amides is 1. The summed E-state index contributed by atoms with van der Waals surface area (Å²) in [6, 6.07) is 4.09. The lowest BCUT2D eigenvalue weighted by atomic mass is 10.2. The van der Waals surface area contributed by atoms with Crippen LogP contribution in [0, 0.1) is 0 Å². The zero-order valence-corrected chi connectivity index (χ0v) is 12.5. The number of ether oxygens (including phenoxy) is 2. The normalized spacial score (nSPS) is 17.7. The first-order chi connectivity index (χ1) is 10.5. The summed E-state index contributed by atoms with van der Waals surface area (Å²) in [5.41, 5.74) is 0.413. The van der Waals surface area contributed by atoms with E-state index in [9.17, 15) is 13.6 Å². The molecule has 2 N–H and O–H groups in total. The van der Waals surface area contributed by atoms with Gasteiger partial charge in [0.05, 0.1) is 17.7 Å². The van der Waals surface area contributed by atoms with E-state index in [-0.39, 0.29) is 29.3 Å². The van der Waals surface area contributed by atoms with Crippen LogP contribution in [-0.4, -0.2) is 38.3 Å². The summed E-state index contributed by atoms with van der Waals surface area (Å²) in [4.78, 5) is 11.8. The topological polar surface area (TPSA) is 59.6 Å². The molecule has 1 saturated heterocycles. The van der Waals surface area contributed by atoms with Gasteiger partial charge in [0.1, 0.15) is 5.75 Å². The minimum absolute atomic E-state index is 0.00501. The van der Waals surface area contributed by atoms with Crippen molar-refractivity contribution in [3.63, 3.8) is 0 Å². The number of alkyl halides is 2. The van der Waals surface area contributed by atoms with Crippen molar-refractivity contribution in [3.8, 4) is 5.75 Å². The molecule has 1 aromatic rings. The van der Waals surface area contributed by atoms with Gasteiger partial charge in [-0.2, -0.15) is 8.78 Å². The molecule has 8 heteroatoms. The van der Waals surface area contributed by atoms with Crippen LogP contribution in [0.15, 0.2) is 18.2 Å². The molecule has 1 fully saturated rings. The average Bonchev–Trinajstić information content (AvgIpc) is 2.95. The van der Waals surface area contributed by atoms with E-state index in [1.807, 2.05) is 0 Å². The highest BCUT2D eigenvalue weighted by Gasteiger charge is 2.15. The largest absolute Gasteiger partial charge is 0.433 e. The lowest BCUT2D eigenvalue weighted by molar-refractivity contribution is -0.115. The van der Waals surface area contributed by atoms with E-state index >= 15 is 0 Å². The number of hydrogen-bond acceptors (Lipinski definition) is 4. The Morgan fingerprint density at radius 1 is 1.50 bits per heavy atom. The van der Waals surface area contributed by atoms with Crippen molar-refractivity contribution in [2.75, 3.05) is 25.0 Å². The molecule has 0 spiro atoms. The second-order valence-corrected chi connectivity index (χ2v) is 5.25. The fourth-order valence-electron chi connectivity index (χ4n) is 2.13. The highest BCUT2D eigenvalue weighted by molar-refractivity contribution is 6.32. The Hall–Kier alpha value is -1.44. The van der Waals surface area contributed by atoms with Crippen LogP contribution in [0.5, 0.6) is 5.75 Å². The van der Waals surface area contributed by atoms with Crippen molar-refractivity contribution in [2.24, 2.45) is 0 Å². The molecule has 1 aliphatic heterocycles. The van der Waals surface area contributed by atoms with E-state index < -0.39 is 6.61 Å². The Balaban J connectivity index is 1.77. The maximum atomic E-state index is 12.1. The molecule has 1 aliphatic rings. The predicted octanol–water partition coefficient (Wildman–Crippen LogP) is 2.65. The minimum atomic E-state index is -2.94. The van der Waals surface area contributed by atoms with Crippen LogP contribution in [-0.2, 0) is 9.53 Å². The van der Waals surface area contributed by atoms with Crippen LogP contribution in [0.25, 0.3) is 0 Å². The van der Waals surface area contributed by atoms with Crippen LogP contribution in [0.3, 0.4) is 0 Å². The van der Waals surface area contributed by atoms with Gasteiger partial charge in [0.25, 0.3) is 0 Å². The molecule has 2 rings (SSSR count). The number of nitrogens with one attached hydrogen (secondary N) is 2. The standard InChI is InChI=1S/C14H17ClF2N2O3/c15-11-6-9(3-4-12(11)22-14(16)17)19-13(20)8-18-7-10-2-1-5-21-10/h3-4,6,10,14,18H,1-2,5,7-8H2,(H,19,20). The molecular formula is C14H17ClF2N2O3. The van der Waals surface area contributed by atoms with E-state index in [1.54, 1.807) is 0 Å². The summed E-state index contributed by atoms with van der Waals surface area (Å²) in [5, 5.41) is 5.63. The summed E-state index contributed by atoms with van der Waals surface area (Å²) in [6.45, 7) is -1.42. The molecule has 1 unspecified atom stereocenters. The molecule has 0 bridgehead atoms. The van der Waals surface area contributed by atoms with Crippen molar-refractivity contribution < 1.29 is 23.0 Å². The first-order valence-corrected chi connectivity index (χ1v) is 7.29. The van der Waals surface area contributed by atoms with Gasteiger partial charge in [-0.15, -0.1) is 0 Å². The third kappa shape index (κ3) is 5.40. The molecule has 22 heavy (non-hydrogen) atoms. The highest BCUT2D eigenvalue weighted by atomic mass is 35.5. The molecule has 0 aliphatic carbocycles. The maximum absolute atomic E-state index is 12.1. The number of hydrogen-bond donors (Lipinski definition) is 2. The molecule has 1 atom stereocenters. The van der Waals surface area contributed by atoms with Crippen LogP contribution in [0.1, 0.15) is 12.8 Å². The minimum Gasteiger partial charge on any atom is -0.433 e. The lowest BCUT2D eigenvalue weighted by Gasteiger charge is -2.12. The molecule has 1 aromatic carbocycles. The molecular weight excluding hydrogens is 318 g/mol. The predicted molar refractivity (Wildman–Crippen MR) is 78.6 cm³/mol. The van der Waals surface area contributed by atoms with Crippen LogP contribution in [0.2, 0.25) is 5.02 Å². The summed E-state index contributed by atoms with van der Waals surface area (Å²) in [7, 11) is 0. The van der Waals surface area contributed by atoms with Crippen LogP contribution >= 0.6 is 11.6 Å². The Morgan fingerprint density at radius 2 is 2.32 bits per heavy atom. The van der Waals surface area contributed by atoms with Gasteiger partial charge in [-0.1, -0.05) is 11.6 Å². The van der Waals surface area contributed by atoms with Crippen molar-refractivity contribution in [3.05, 3.63) is 23.2 Å². The molecule has 1 heterocycles. The Labute approximate surface area is 131 Å². The molecule has 0 radical (unpaired) electrons. The van der Waals surface area contributed by atoms with E-state index in [0.29, 0.717) is 12.2 Å². The zero-order chi connectivity index (χ0) is 15.9. The molecule has 0 saturated carbocycles. The number of benzene rings is 1. The van der Waals surface area contributed by atoms with Gasteiger partial charge in [-0.25, -0.2) is 0 Å². The van der Waals surface area contributed by atoms with Crippen LogP contribution in [0.4, 0.5) is 14.5 Å². The van der Waals surface area contributed by atoms with Crippen LogP contribution < -0.4 is 15.4 Å². The SMILES string of the molecule is O=C(CNCC1CCCO1)Nc1ccc(OC(F)F)c(Cl)c1. The Bertz CT molecular complexity index is 511. The fourth-order valence-corrected chi connectivity index (χ4v) is 2.35. The van der Waals surface area contributed by atoms with Gasteiger partial charge in [0.2, 0.25) is 5.91 Å². The number of carbonyl (C=O) groups is 1. The van der Waals surface area contributed by atoms with E-state index in [2.05, 4.69) is 15.4 Å². The fraction of sp³-hybridized carbons (Fsp3) is 0.500. The third-order valence-corrected chi connectivity index (χ3v) is 3.41. The van der Waals surface area contributed by atoms with E-state index in [0.717, 1.165) is 19.4 Å². The highest BCUT2D eigenvalue weighted by Crippen LogP contribution is 2.28. The van der Waals surface area contributed by atoms with Gasteiger partial charge < -0.3 is 20.1 Å². The molecule has 1 amide bonds. The first-order valence-electron chi connectivity index (χ1n) is 6.91. The van der Waals surface area contributed by atoms with Crippen molar-refractivity contribution >= 4 is 23.2 Å². The van der Waals surface area contributed by atoms with Crippen molar-refractivity contribution in [1.82, 2.24) is 5.32 Å². The Kier molecular flexibility index (Phi) is 6.35. The van der Waals surface area contributed by atoms with Gasteiger partial charge in [0.15, 0.2) is 0 Å². The molecule has 5 nitrogen and oxygen atoms in total. The molecule has 0 aromatic heterocycles. The smallest absolute Gasteiger partial charge is 0.387 e. The van der Waals surface area contributed by atoms with E-state index in [4.69, 9.17) is 16.3 Å². The van der Waals surface area contributed by atoms with Gasteiger partial charge in [-0.05, 0) is 31.0 Å². The summed E-state index contributed by atoms with van der Waals surface area (Å²) >= 11 is 5.81. The average molecular weight is 335 g/mol. The monoisotopic (exact) mass is 334 g/mol.